The maximum absolute atomic E-state index is 3.06. The fourth-order valence-electron chi connectivity index (χ4n) is 7.49. The number of rotatable bonds is 2. The second-order valence-electron chi connectivity index (χ2n) is 12.4. The van der Waals surface area contributed by atoms with Crippen molar-refractivity contribution in [2.75, 3.05) is 0 Å². The minimum absolute atomic E-state index is 0. The van der Waals surface area contributed by atoms with Gasteiger partial charge in [0.1, 0.15) is 0 Å². The normalized spacial score (nSPS) is 10.4. The molecular weight excluding hydrogens is 771 g/mol. The van der Waals surface area contributed by atoms with E-state index in [1.807, 2.05) is 0 Å². The summed E-state index contributed by atoms with van der Waals surface area (Å²) < 4.78 is 4.79. The molecular formula is C46H40Cl2N2SiZr-4. The minimum atomic E-state index is 0. The molecule has 0 aliphatic rings. The summed E-state index contributed by atoms with van der Waals surface area (Å²) >= 11 is 1.36. The van der Waals surface area contributed by atoms with Crippen molar-refractivity contribution in [3.63, 3.8) is 0 Å². The van der Waals surface area contributed by atoms with Gasteiger partial charge >= 0.3 is 30.2 Å². The summed E-state index contributed by atoms with van der Waals surface area (Å²) in [4.78, 5) is 0. The van der Waals surface area contributed by atoms with Crippen LogP contribution in [0, 0.1) is 28.7 Å². The summed E-state index contributed by atoms with van der Waals surface area (Å²) in [7, 11) is 0. The number of aromatic nitrogens is 2. The van der Waals surface area contributed by atoms with Crippen molar-refractivity contribution >= 4 is 96.9 Å². The molecule has 0 fully saturated rings. The zero-order valence-electron chi connectivity index (χ0n) is 29.7. The van der Waals surface area contributed by atoms with Gasteiger partial charge in [0.25, 0.3) is 0 Å². The number of nitrogens with zero attached hydrogens (tertiary/aromatic N) is 2. The Morgan fingerprint density at radius 2 is 0.692 bits per heavy atom. The van der Waals surface area contributed by atoms with Crippen LogP contribution in [0.4, 0.5) is 0 Å². The van der Waals surface area contributed by atoms with Crippen molar-refractivity contribution in [2.24, 2.45) is 0 Å². The van der Waals surface area contributed by atoms with Gasteiger partial charge in [-0.15, -0.1) is 93.9 Å². The molecule has 0 unspecified atom stereocenters. The van der Waals surface area contributed by atoms with Crippen LogP contribution in [-0.4, -0.2) is 16.0 Å². The summed E-state index contributed by atoms with van der Waals surface area (Å²) in [6.07, 6.45) is 0. The van der Waals surface area contributed by atoms with Crippen LogP contribution in [0.25, 0.3) is 76.5 Å². The van der Waals surface area contributed by atoms with Crippen molar-refractivity contribution in [3.8, 4) is 11.4 Å². The summed E-state index contributed by atoms with van der Waals surface area (Å²) in [5, 5.41) is 10.5. The van der Waals surface area contributed by atoms with Crippen LogP contribution in [0.1, 0.15) is 11.1 Å². The number of para-hydroxylation sites is 4. The molecule has 2 radical (unpaired) electrons. The van der Waals surface area contributed by atoms with Crippen molar-refractivity contribution in [3.05, 3.63) is 184 Å². The summed E-state index contributed by atoms with van der Waals surface area (Å²) in [6, 6.07) is 56.9. The third-order valence-corrected chi connectivity index (χ3v) is 9.39. The molecule has 0 spiro atoms. The van der Waals surface area contributed by atoms with E-state index in [1.165, 1.54) is 111 Å². The van der Waals surface area contributed by atoms with Crippen LogP contribution in [-0.2, 0) is 23.3 Å². The molecule has 6 heteroatoms. The van der Waals surface area contributed by atoms with E-state index in [0.717, 1.165) is 0 Å². The molecule has 2 aromatic heterocycles. The first-order chi connectivity index (χ1) is 23.7. The van der Waals surface area contributed by atoms with Gasteiger partial charge in [-0.1, -0.05) is 98.8 Å². The number of benzene rings is 6. The van der Waals surface area contributed by atoms with Gasteiger partial charge in [-0.25, -0.2) is 0 Å². The molecule has 52 heavy (non-hydrogen) atoms. The van der Waals surface area contributed by atoms with E-state index in [2.05, 4.69) is 188 Å². The van der Waals surface area contributed by atoms with Crippen LogP contribution in [0.2, 0.25) is 0 Å². The molecule has 0 saturated heterocycles. The van der Waals surface area contributed by atoms with Crippen LogP contribution >= 0.6 is 24.8 Å². The Morgan fingerprint density at radius 3 is 1.00 bits per heavy atom. The summed E-state index contributed by atoms with van der Waals surface area (Å²) in [5.74, 6) is 0. The number of fused-ring (bicyclic) bond motifs is 8. The first-order valence-corrected chi connectivity index (χ1v) is 20.4. The predicted molar refractivity (Wildman–Crippen MR) is 230 cm³/mol. The Bertz CT molecular complexity index is 2470. The molecule has 2 heterocycles. The van der Waals surface area contributed by atoms with Gasteiger partial charge in [0, 0.05) is 32.9 Å². The number of hydrogen-bond acceptors (Lipinski definition) is 0. The Kier molecular flexibility index (Phi) is 13.3. The average Bonchev–Trinajstić information content (AvgIpc) is 3.88. The van der Waals surface area contributed by atoms with Crippen molar-refractivity contribution in [1.82, 2.24) is 9.13 Å². The molecule has 0 bridgehead atoms. The van der Waals surface area contributed by atoms with Gasteiger partial charge in [-0.2, -0.15) is 12.1 Å². The van der Waals surface area contributed by atoms with E-state index in [9.17, 15) is 0 Å². The fraction of sp³-hybridized carbons (Fsp3) is 0.0435. The van der Waals surface area contributed by atoms with E-state index >= 15 is 0 Å². The molecule has 0 saturated carbocycles. The molecule has 0 amide bonds. The fourth-order valence-corrected chi connectivity index (χ4v) is 7.49. The molecule has 0 N–H and O–H groups in total. The zero-order valence-corrected chi connectivity index (χ0v) is 34.8. The van der Waals surface area contributed by atoms with Gasteiger partial charge in [0.15, 0.2) is 0 Å². The third-order valence-electron chi connectivity index (χ3n) is 9.39. The molecule has 8 aromatic carbocycles. The van der Waals surface area contributed by atoms with Gasteiger partial charge in [-0.3, -0.25) is 0 Å². The number of hydrogen-bond donors (Lipinski definition) is 0. The molecule has 10 rings (SSSR count). The molecule has 10 aromatic rings. The van der Waals surface area contributed by atoms with Crippen molar-refractivity contribution in [2.45, 2.75) is 13.8 Å². The average molecular weight is 811 g/mol. The Hall–Kier alpha value is -4.18. The van der Waals surface area contributed by atoms with Crippen LogP contribution < -0.4 is 0 Å². The van der Waals surface area contributed by atoms with E-state index in [4.69, 9.17) is 0 Å². The van der Waals surface area contributed by atoms with Gasteiger partial charge in [0.2, 0.25) is 0 Å². The van der Waals surface area contributed by atoms with Crippen LogP contribution in [0.5, 0.6) is 0 Å². The van der Waals surface area contributed by atoms with Crippen LogP contribution in [0.15, 0.2) is 158 Å². The Balaban J connectivity index is 0.000000207. The van der Waals surface area contributed by atoms with Gasteiger partial charge in [-0.05, 0) is 24.3 Å². The molecule has 0 aliphatic carbocycles. The van der Waals surface area contributed by atoms with Gasteiger partial charge < -0.3 is 24.0 Å². The van der Waals surface area contributed by atoms with Crippen molar-refractivity contribution in [1.29, 1.82) is 0 Å². The quantitative estimate of drug-likeness (QED) is 0.122. The molecule has 2 nitrogen and oxygen atoms in total. The monoisotopic (exact) mass is 808 g/mol. The molecule has 0 aliphatic heterocycles. The standard InChI is InChI=1S/2C22H16N.2CH3.2ClH.Si.Zr/c2*1-15-13-16-7-6-12-22(19(16)14-15)23-20-10-4-2-8-17(20)18-9-3-5-11-21(18)23;;;;;;/h2*2-14H,1H3;2*1H3;2*1H;;/q4*-1;;;;. The van der Waals surface area contributed by atoms with E-state index in [1.54, 1.807) is 0 Å². The SMILES string of the molecule is Cc1cc2c(-n3c4ccccc4c4ccccc43)cccc2[cH-]1.Cc1cc2c(-n3c4ccccc4c4ccccc43)cccc2[cH-]1.Cl.Cl.[CH3-].[CH3-].[Si]=[Zr]. The molecule has 260 valence electrons. The number of aryl methyl sites for hydroxylation is 2. The third kappa shape index (κ3) is 6.86. The first-order valence-electron chi connectivity index (χ1n) is 16.2. The summed E-state index contributed by atoms with van der Waals surface area (Å²) in [6.45, 7) is 7.39. The second-order valence-corrected chi connectivity index (χ2v) is 12.4. The maximum atomic E-state index is 3.06. The summed E-state index contributed by atoms with van der Waals surface area (Å²) in [5.41, 5.74) is 10.2. The second kappa shape index (κ2) is 17.1. The van der Waals surface area contributed by atoms with E-state index in [-0.39, 0.29) is 39.7 Å². The predicted octanol–water partition coefficient (Wildman–Crippen LogP) is 13.3. The molecule has 0 atom stereocenters. The zero-order chi connectivity index (χ0) is 32.8. The van der Waals surface area contributed by atoms with Crippen LogP contribution in [0.3, 0.4) is 0 Å². The Morgan fingerprint density at radius 1 is 0.404 bits per heavy atom. The first kappa shape index (κ1) is 40.6. The Labute approximate surface area is 335 Å². The van der Waals surface area contributed by atoms with E-state index in [0.29, 0.717) is 0 Å². The van der Waals surface area contributed by atoms with E-state index < -0.39 is 0 Å². The van der Waals surface area contributed by atoms with Crippen molar-refractivity contribution < 1.29 is 23.3 Å². The number of halogens is 2. The topological polar surface area (TPSA) is 9.86 Å². The van der Waals surface area contributed by atoms with Gasteiger partial charge in [0.05, 0.1) is 22.1 Å².